The van der Waals surface area contributed by atoms with Crippen LogP contribution in [0.15, 0.2) is 42.5 Å². The standard InChI is InChI=1S/C23H24F4N2O2S/c1-2-32-28-21-19(29(13-23(21,26)27)22(30)20-6-7-31-20)9-14-4-3-5-15(8-14)16-10-17(24)12-18(25)11-16/h3-5,8,10-12,19-21,28H,2,6-7,9,13H2,1H3/t19-,20?,21+/m0/s1. The van der Waals surface area contributed by atoms with E-state index in [1.807, 2.05) is 6.92 Å². The van der Waals surface area contributed by atoms with Gasteiger partial charge in [-0.3, -0.25) is 9.52 Å². The summed E-state index contributed by atoms with van der Waals surface area (Å²) in [7, 11) is 0. The molecule has 1 N–H and O–H groups in total. The molecule has 4 rings (SSSR count). The second kappa shape index (κ2) is 9.41. The first kappa shape index (κ1) is 23.1. The molecule has 2 aliphatic heterocycles. The van der Waals surface area contributed by atoms with Gasteiger partial charge < -0.3 is 9.64 Å². The Balaban J connectivity index is 1.63. The van der Waals surface area contributed by atoms with Crippen LogP contribution in [0.5, 0.6) is 0 Å². The molecule has 1 amide bonds. The van der Waals surface area contributed by atoms with Gasteiger partial charge in [0.1, 0.15) is 23.8 Å². The van der Waals surface area contributed by atoms with Crippen molar-refractivity contribution >= 4 is 17.9 Å². The zero-order valence-electron chi connectivity index (χ0n) is 17.5. The Morgan fingerprint density at radius 1 is 1.19 bits per heavy atom. The zero-order valence-corrected chi connectivity index (χ0v) is 18.3. The molecule has 2 fully saturated rings. The lowest BCUT2D eigenvalue weighted by Gasteiger charge is -2.33. The van der Waals surface area contributed by atoms with E-state index in [0.717, 1.165) is 6.07 Å². The third-order valence-corrected chi connectivity index (χ3v) is 6.51. The fourth-order valence-electron chi connectivity index (χ4n) is 4.17. The van der Waals surface area contributed by atoms with Gasteiger partial charge in [0.15, 0.2) is 0 Å². The van der Waals surface area contributed by atoms with Crippen molar-refractivity contribution in [2.75, 3.05) is 18.9 Å². The fraction of sp³-hybridized carbons (Fsp3) is 0.435. The minimum Gasteiger partial charge on any atom is -0.368 e. The third kappa shape index (κ3) is 4.79. The van der Waals surface area contributed by atoms with Crippen molar-refractivity contribution < 1.29 is 27.1 Å². The van der Waals surface area contributed by atoms with E-state index in [1.165, 1.54) is 29.0 Å². The van der Waals surface area contributed by atoms with Crippen molar-refractivity contribution in [3.8, 4) is 11.1 Å². The number of carbonyl (C=O) groups is 1. The lowest BCUT2D eigenvalue weighted by atomic mass is 9.95. The van der Waals surface area contributed by atoms with E-state index in [2.05, 4.69) is 4.72 Å². The number of carbonyl (C=O) groups excluding carboxylic acids is 1. The number of amides is 1. The molecule has 0 saturated carbocycles. The highest BCUT2D eigenvalue weighted by atomic mass is 32.2. The van der Waals surface area contributed by atoms with Crippen LogP contribution in [0.4, 0.5) is 17.6 Å². The van der Waals surface area contributed by atoms with Crippen LogP contribution in [-0.2, 0) is 16.0 Å². The Morgan fingerprint density at radius 2 is 1.91 bits per heavy atom. The highest BCUT2D eigenvalue weighted by Gasteiger charge is 2.56. The van der Waals surface area contributed by atoms with Crippen molar-refractivity contribution in [2.24, 2.45) is 0 Å². The molecule has 2 saturated heterocycles. The number of hydrogen-bond donors (Lipinski definition) is 1. The quantitative estimate of drug-likeness (QED) is 0.482. The monoisotopic (exact) mass is 468 g/mol. The summed E-state index contributed by atoms with van der Waals surface area (Å²) in [5.74, 6) is -4.32. The molecular formula is C23H24F4N2O2S. The molecule has 0 radical (unpaired) electrons. The van der Waals surface area contributed by atoms with Crippen LogP contribution < -0.4 is 4.72 Å². The molecule has 0 aromatic heterocycles. The van der Waals surface area contributed by atoms with E-state index in [-0.39, 0.29) is 6.42 Å². The fourth-order valence-corrected chi connectivity index (χ4v) is 4.84. The van der Waals surface area contributed by atoms with Crippen LogP contribution in [-0.4, -0.2) is 53.8 Å². The Bertz CT molecular complexity index is 966. The second-order valence-electron chi connectivity index (χ2n) is 8.03. The Labute approximate surface area is 188 Å². The van der Waals surface area contributed by atoms with Crippen molar-refractivity contribution in [3.05, 3.63) is 59.7 Å². The van der Waals surface area contributed by atoms with E-state index < -0.39 is 48.2 Å². The van der Waals surface area contributed by atoms with E-state index in [0.29, 0.717) is 35.5 Å². The third-order valence-electron chi connectivity index (χ3n) is 5.80. The topological polar surface area (TPSA) is 41.6 Å². The number of hydrogen-bond acceptors (Lipinski definition) is 4. The summed E-state index contributed by atoms with van der Waals surface area (Å²) in [5.41, 5.74) is 1.61. The number of benzene rings is 2. The number of ether oxygens (including phenoxy) is 1. The maximum atomic E-state index is 14.9. The Hall–Kier alpha value is -2.10. The first-order chi connectivity index (χ1) is 15.3. The second-order valence-corrected chi connectivity index (χ2v) is 9.14. The van der Waals surface area contributed by atoms with Gasteiger partial charge >= 0.3 is 0 Å². The highest BCUT2D eigenvalue weighted by molar-refractivity contribution is 7.97. The molecule has 2 heterocycles. The molecule has 0 bridgehead atoms. The molecule has 1 unspecified atom stereocenters. The lowest BCUT2D eigenvalue weighted by molar-refractivity contribution is -0.158. The molecule has 3 atom stereocenters. The molecule has 9 heteroatoms. The molecule has 2 aliphatic rings. The molecule has 172 valence electrons. The van der Waals surface area contributed by atoms with Crippen molar-refractivity contribution in [2.45, 2.75) is 43.9 Å². The largest absolute Gasteiger partial charge is 0.368 e. The number of nitrogens with zero attached hydrogens (tertiary/aromatic N) is 1. The maximum Gasteiger partial charge on any atom is 0.283 e. The molecule has 2 aromatic carbocycles. The lowest BCUT2D eigenvalue weighted by Crippen LogP contribution is -2.51. The summed E-state index contributed by atoms with van der Waals surface area (Å²) in [4.78, 5) is 14.1. The van der Waals surface area contributed by atoms with E-state index in [9.17, 15) is 22.4 Å². The smallest absolute Gasteiger partial charge is 0.283 e. The maximum absolute atomic E-state index is 14.9. The number of likely N-dealkylation sites (tertiary alicyclic amines) is 1. The highest BCUT2D eigenvalue weighted by Crippen LogP contribution is 2.37. The van der Waals surface area contributed by atoms with Gasteiger partial charge in [0.25, 0.3) is 11.8 Å². The minimum absolute atomic E-state index is 0.168. The molecule has 4 nitrogen and oxygen atoms in total. The first-order valence-electron chi connectivity index (χ1n) is 10.5. The average Bonchev–Trinajstić information content (AvgIpc) is 2.94. The number of alkyl halides is 2. The van der Waals surface area contributed by atoms with Crippen LogP contribution in [0.3, 0.4) is 0 Å². The molecular weight excluding hydrogens is 444 g/mol. The summed E-state index contributed by atoms with van der Waals surface area (Å²) < 4.78 is 65.3. The van der Waals surface area contributed by atoms with Gasteiger partial charge in [0.2, 0.25) is 0 Å². The van der Waals surface area contributed by atoms with E-state index in [4.69, 9.17) is 4.74 Å². The van der Waals surface area contributed by atoms with Crippen LogP contribution >= 0.6 is 11.9 Å². The van der Waals surface area contributed by atoms with Crippen molar-refractivity contribution in [1.82, 2.24) is 9.62 Å². The summed E-state index contributed by atoms with van der Waals surface area (Å²) in [6, 6.07) is 8.11. The predicted molar refractivity (Wildman–Crippen MR) is 115 cm³/mol. The van der Waals surface area contributed by atoms with E-state index in [1.54, 1.807) is 24.3 Å². The average molecular weight is 469 g/mol. The van der Waals surface area contributed by atoms with Crippen molar-refractivity contribution in [1.29, 1.82) is 0 Å². The van der Waals surface area contributed by atoms with Gasteiger partial charge in [0.05, 0.1) is 19.2 Å². The van der Waals surface area contributed by atoms with Crippen molar-refractivity contribution in [3.63, 3.8) is 0 Å². The Morgan fingerprint density at radius 3 is 2.53 bits per heavy atom. The molecule has 0 spiro atoms. The summed E-state index contributed by atoms with van der Waals surface area (Å²) >= 11 is 1.18. The molecule has 32 heavy (non-hydrogen) atoms. The van der Waals surface area contributed by atoms with Crippen LogP contribution in [0.1, 0.15) is 18.9 Å². The summed E-state index contributed by atoms with van der Waals surface area (Å²) in [6.07, 6.45) is 0.0185. The van der Waals surface area contributed by atoms with Gasteiger partial charge in [0, 0.05) is 18.2 Å². The van der Waals surface area contributed by atoms with Crippen LogP contribution in [0.25, 0.3) is 11.1 Å². The predicted octanol–water partition coefficient (Wildman–Crippen LogP) is 4.44. The zero-order chi connectivity index (χ0) is 22.9. The first-order valence-corrected chi connectivity index (χ1v) is 11.5. The van der Waals surface area contributed by atoms with Gasteiger partial charge in [-0.15, -0.1) is 0 Å². The molecule has 0 aliphatic carbocycles. The minimum atomic E-state index is -3.10. The molecule has 2 aromatic rings. The van der Waals surface area contributed by atoms with Gasteiger partial charge in [-0.05, 0) is 35.2 Å². The summed E-state index contributed by atoms with van der Waals surface area (Å²) in [6.45, 7) is 1.63. The van der Waals surface area contributed by atoms with Gasteiger partial charge in [-0.1, -0.05) is 43.1 Å². The Kier molecular flexibility index (Phi) is 6.78. The normalized spacial score (nSPS) is 24.4. The van der Waals surface area contributed by atoms with Crippen LogP contribution in [0, 0.1) is 11.6 Å². The SMILES string of the molecule is CCSN[C@@H]1[C@H](Cc2cccc(-c3cc(F)cc(F)c3)c2)N(C(=O)C2CCO2)CC1(F)F. The number of halogens is 4. The van der Waals surface area contributed by atoms with Gasteiger partial charge in [-0.25, -0.2) is 17.6 Å². The number of rotatable bonds is 7. The van der Waals surface area contributed by atoms with Crippen LogP contribution in [0.2, 0.25) is 0 Å². The number of nitrogens with one attached hydrogen (secondary N) is 1. The van der Waals surface area contributed by atoms with Gasteiger partial charge in [-0.2, -0.15) is 0 Å². The summed E-state index contributed by atoms with van der Waals surface area (Å²) in [5, 5.41) is 0. The van der Waals surface area contributed by atoms with E-state index >= 15 is 0 Å².